The monoisotopic (exact) mass is 357 g/mol. The molecule has 4 N–H and O–H groups in total. The maximum atomic E-state index is 11.9. The minimum atomic E-state index is -0.180. The molecule has 0 saturated carbocycles. The zero-order chi connectivity index (χ0) is 18.9. The van der Waals surface area contributed by atoms with Gasteiger partial charge < -0.3 is 25.8 Å². The third-order valence-electron chi connectivity index (χ3n) is 3.78. The van der Waals surface area contributed by atoms with Crippen LogP contribution >= 0.6 is 0 Å². The molecule has 0 aliphatic carbocycles. The number of hydrogen-bond donors (Lipinski definition) is 4. The van der Waals surface area contributed by atoms with Crippen molar-refractivity contribution < 1.29 is 19.4 Å². The molecule has 2 rings (SSSR count). The first-order valence-corrected chi connectivity index (χ1v) is 8.22. The predicted molar refractivity (Wildman–Crippen MR) is 99.7 cm³/mol. The van der Waals surface area contributed by atoms with E-state index in [1.807, 2.05) is 6.07 Å². The number of methoxy groups -OCH3 is 1. The summed E-state index contributed by atoms with van der Waals surface area (Å²) in [5.74, 6) is 0.156. The Balaban J connectivity index is 1.77. The fourth-order valence-corrected chi connectivity index (χ4v) is 2.40. The summed E-state index contributed by atoms with van der Waals surface area (Å²) in [5, 5.41) is 18.1. The number of phenols is 1. The molecule has 0 bridgehead atoms. The molecule has 0 fully saturated rings. The molecule has 0 aromatic heterocycles. The van der Waals surface area contributed by atoms with Crippen LogP contribution in [0.25, 0.3) is 0 Å². The van der Waals surface area contributed by atoms with E-state index in [1.54, 1.807) is 43.4 Å². The summed E-state index contributed by atoms with van der Waals surface area (Å²) in [4.78, 5) is 23.5. The van der Waals surface area contributed by atoms with E-state index in [9.17, 15) is 14.7 Å². The van der Waals surface area contributed by atoms with Gasteiger partial charge in [-0.3, -0.25) is 9.59 Å². The molecule has 0 radical (unpaired) electrons. The first kappa shape index (κ1) is 19.1. The number of hydrogen-bond acceptors (Lipinski definition) is 5. The highest BCUT2D eigenvalue weighted by Crippen LogP contribution is 2.26. The summed E-state index contributed by atoms with van der Waals surface area (Å²) in [5.41, 5.74) is 2.12. The molecule has 2 aromatic carbocycles. The van der Waals surface area contributed by atoms with Crippen LogP contribution in [0.3, 0.4) is 0 Å². The van der Waals surface area contributed by atoms with Gasteiger partial charge in [0.25, 0.3) is 5.91 Å². The summed E-state index contributed by atoms with van der Waals surface area (Å²) in [6.07, 6.45) is 0.593. The van der Waals surface area contributed by atoms with Crippen LogP contribution in [0.5, 0.6) is 11.5 Å². The second-order valence-corrected chi connectivity index (χ2v) is 5.62. The number of rotatable bonds is 8. The number of nitrogens with one attached hydrogen (secondary N) is 3. The van der Waals surface area contributed by atoms with Gasteiger partial charge in [-0.15, -0.1) is 0 Å². The minimum Gasteiger partial charge on any atom is -0.504 e. The molecule has 0 aliphatic rings. The third-order valence-corrected chi connectivity index (χ3v) is 3.78. The normalized spacial score (nSPS) is 10.1. The van der Waals surface area contributed by atoms with Crippen molar-refractivity contribution in [3.05, 3.63) is 53.6 Å². The quantitative estimate of drug-likeness (QED) is 0.574. The lowest BCUT2D eigenvalue weighted by Crippen LogP contribution is -2.31. The Bertz CT molecular complexity index is 777. The van der Waals surface area contributed by atoms with Crippen molar-refractivity contribution in [2.75, 3.05) is 32.6 Å². The van der Waals surface area contributed by atoms with Crippen LogP contribution in [0.1, 0.15) is 15.9 Å². The maximum absolute atomic E-state index is 11.9. The maximum Gasteiger partial charge on any atom is 0.251 e. The molecule has 138 valence electrons. The van der Waals surface area contributed by atoms with Crippen molar-refractivity contribution in [3.63, 3.8) is 0 Å². The Morgan fingerprint density at radius 1 is 1.15 bits per heavy atom. The van der Waals surface area contributed by atoms with E-state index in [-0.39, 0.29) is 24.1 Å². The highest BCUT2D eigenvalue weighted by molar-refractivity contribution is 5.95. The van der Waals surface area contributed by atoms with Crippen molar-refractivity contribution in [1.29, 1.82) is 0 Å². The van der Waals surface area contributed by atoms with Gasteiger partial charge in [0.05, 0.1) is 13.7 Å². The Morgan fingerprint density at radius 2 is 1.96 bits per heavy atom. The molecule has 7 nitrogen and oxygen atoms in total. The van der Waals surface area contributed by atoms with Crippen LogP contribution in [0.2, 0.25) is 0 Å². The van der Waals surface area contributed by atoms with Gasteiger partial charge in [-0.05, 0) is 42.3 Å². The second-order valence-electron chi connectivity index (χ2n) is 5.62. The van der Waals surface area contributed by atoms with Crippen LogP contribution in [0.4, 0.5) is 5.69 Å². The van der Waals surface area contributed by atoms with Gasteiger partial charge in [0.15, 0.2) is 11.5 Å². The van der Waals surface area contributed by atoms with Gasteiger partial charge in [-0.25, -0.2) is 0 Å². The SMILES string of the molecule is CNC(=O)c1cccc(NCC(=O)NCCc2ccc(OC)c(O)c2)c1. The standard InChI is InChI=1S/C19H23N3O4/c1-20-19(25)14-4-3-5-15(11-14)22-12-18(24)21-9-8-13-6-7-17(26-2)16(23)10-13/h3-7,10-11,22-23H,8-9,12H2,1-2H3,(H,20,25)(H,21,24). The van der Waals surface area contributed by atoms with E-state index < -0.39 is 0 Å². The third kappa shape index (κ3) is 5.41. The number of carbonyl (C=O) groups excluding carboxylic acids is 2. The molecule has 0 spiro atoms. The van der Waals surface area contributed by atoms with Gasteiger partial charge >= 0.3 is 0 Å². The van der Waals surface area contributed by atoms with Gasteiger partial charge in [0.2, 0.25) is 5.91 Å². The summed E-state index contributed by atoms with van der Waals surface area (Å²) in [6.45, 7) is 0.551. The molecule has 0 aliphatic heterocycles. The molecule has 2 aromatic rings. The van der Waals surface area contributed by atoms with Crippen LogP contribution in [-0.4, -0.2) is 44.2 Å². The van der Waals surface area contributed by atoms with Crippen LogP contribution in [0, 0.1) is 0 Å². The summed E-state index contributed by atoms with van der Waals surface area (Å²) in [7, 11) is 3.06. The van der Waals surface area contributed by atoms with Crippen LogP contribution < -0.4 is 20.7 Å². The Morgan fingerprint density at radius 3 is 2.65 bits per heavy atom. The number of ether oxygens (including phenoxy) is 1. The Labute approximate surface area is 152 Å². The van der Waals surface area contributed by atoms with E-state index in [4.69, 9.17) is 4.74 Å². The smallest absolute Gasteiger partial charge is 0.251 e. The Hall–Kier alpha value is -3.22. The molecule has 2 amide bonds. The zero-order valence-electron chi connectivity index (χ0n) is 14.8. The molecule has 0 heterocycles. The molecule has 0 atom stereocenters. The fraction of sp³-hybridized carbons (Fsp3) is 0.263. The number of aromatic hydroxyl groups is 1. The number of benzene rings is 2. The van der Waals surface area contributed by atoms with Gasteiger partial charge in [-0.2, -0.15) is 0 Å². The lowest BCUT2D eigenvalue weighted by atomic mass is 10.1. The number of carbonyl (C=O) groups is 2. The van der Waals surface area contributed by atoms with Crippen molar-refractivity contribution in [2.45, 2.75) is 6.42 Å². The molecule has 26 heavy (non-hydrogen) atoms. The van der Waals surface area contributed by atoms with Crippen molar-refractivity contribution in [2.24, 2.45) is 0 Å². The second kappa shape index (κ2) is 9.31. The van der Waals surface area contributed by atoms with Crippen molar-refractivity contribution in [3.8, 4) is 11.5 Å². The number of anilines is 1. The predicted octanol–water partition coefficient (Wildman–Crippen LogP) is 1.53. The van der Waals surface area contributed by atoms with E-state index in [0.29, 0.717) is 30.0 Å². The van der Waals surface area contributed by atoms with Crippen LogP contribution in [0.15, 0.2) is 42.5 Å². The topological polar surface area (TPSA) is 99.7 Å². The molecular weight excluding hydrogens is 334 g/mol. The fourth-order valence-electron chi connectivity index (χ4n) is 2.40. The Kier molecular flexibility index (Phi) is 6.84. The lowest BCUT2D eigenvalue weighted by molar-refractivity contribution is -0.119. The molecule has 7 heteroatoms. The van der Waals surface area contributed by atoms with Crippen LogP contribution in [-0.2, 0) is 11.2 Å². The first-order chi connectivity index (χ1) is 12.5. The molecule has 0 saturated heterocycles. The van der Waals surface area contributed by atoms with Crippen molar-refractivity contribution in [1.82, 2.24) is 10.6 Å². The summed E-state index contributed by atoms with van der Waals surface area (Å²) in [6, 6.07) is 12.1. The highest BCUT2D eigenvalue weighted by atomic mass is 16.5. The van der Waals surface area contributed by atoms with E-state index >= 15 is 0 Å². The molecule has 0 unspecified atom stereocenters. The van der Waals surface area contributed by atoms with Gasteiger partial charge in [0, 0.05) is 24.8 Å². The number of phenolic OH excluding ortho intramolecular Hbond substituents is 1. The summed E-state index contributed by atoms with van der Waals surface area (Å²) < 4.78 is 4.99. The average molecular weight is 357 g/mol. The minimum absolute atomic E-state index is 0.0778. The number of amides is 2. The average Bonchev–Trinajstić information content (AvgIpc) is 2.66. The first-order valence-electron chi connectivity index (χ1n) is 8.22. The van der Waals surface area contributed by atoms with Gasteiger partial charge in [-0.1, -0.05) is 12.1 Å². The summed E-state index contributed by atoms with van der Waals surface area (Å²) >= 11 is 0. The van der Waals surface area contributed by atoms with E-state index in [2.05, 4.69) is 16.0 Å². The highest BCUT2D eigenvalue weighted by Gasteiger charge is 2.06. The van der Waals surface area contributed by atoms with Crippen molar-refractivity contribution >= 4 is 17.5 Å². The zero-order valence-corrected chi connectivity index (χ0v) is 14.8. The largest absolute Gasteiger partial charge is 0.504 e. The molecular formula is C19H23N3O4. The van der Waals surface area contributed by atoms with Gasteiger partial charge in [0.1, 0.15) is 0 Å². The lowest BCUT2D eigenvalue weighted by Gasteiger charge is -2.10. The van der Waals surface area contributed by atoms with E-state index in [1.165, 1.54) is 7.11 Å². The van der Waals surface area contributed by atoms with E-state index in [0.717, 1.165) is 5.56 Å².